The number of imidazole rings is 1. The molecule has 1 N–H and O–H groups in total. The van der Waals surface area contributed by atoms with Gasteiger partial charge in [0.05, 0.1) is 18.3 Å². The van der Waals surface area contributed by atoms with Gasteiger partial charge in [0.2, 0.25) is 0 Å². The quantitative estimate of drug-likeness (QED) is 0.737. The van der Waals surface area contributed by atoms with Gasteiger partial charge in [0.15, 0.2) is 0 Å². The highest BCUT2D eigenvalue weighted by atomic mass is 16.6. The summed E-state index contributed by atoms with van der Waals surface area (Å²) in [5.74, 6) is 1.12. The third-order valence-electron chi connectivity index (χ3n) is 3.72. The first kappa shape index (κ1) is 17.0. The Morgan fingerprint density at radius 2 is 1.96 bits per heavy atom. The summed E-state index contributed by atoms with van der Waals surface area (Å²) in [7, 11) is 1.80. The third kappa shape index (κ3) is 3.96. The highest BCUT2D eigenvalue weighted by Crippen LogP contribution is 2.16. The molecule has 0 aliphatic heterocycles. The van der Waals surface area contributed by atoms with Gasteiger partial charge in [-0.2, -0.15) is 0 Å². The molecule has 0 unspecified atom stereocenters. The lowest BCUT2D eigenvalue weighted by atomic mass is 10.2. The number of anilines is 1. The first-order valence-electron chi connectivity index (χ1n) is 8.17. The van der Waals surface area contributed by atoms with Crippen LogP contribution in [0.15, 0.2) is 42.6 Å². The van der Waals surface area contributed by atoms with Crippen molar-refractivity contribution in [3.8, 4) is 0 Å². The van der Waals surface area contributed by atoms with Gasteiger partial charge < -0.3 is 14.6 Å². The number of pyridine rings is 1. The fraction of sp³-hybridized carbons (Fsp3) is 0.316. The van der Waals surface area contributed by atoms with Crippen LogP contribution in [0, 0.1) is 0 Å². The van der Waals surface area contributed by atoms with Crippen molar-refractivity contribution in [2.24, 2.45) is 7.05 Å². The minimum Gasteiger partial charge on any atom is -0.455 e. The van der Waals surface area contributed by atoms with E-state index in [4.69, 9.17) is 4.74 Å². The number of carbonyl (C=O) groups excluding carboxylic acids is 1. The zero-order valence-electron chi connectivity index (χ0n) is 14.9. The van der Waals surface area contributed by atoms with Gasteiger partial charge in [0.25, 0.3) is 0 Å². The Balaban J connectivity index is 1.72. The second-order valence-electron chi connectivity index (χ2n) is 6.86. The first-order chi connectivity index (χ1) is 11.8. The van der Waals surface area contributed by atoms with E-state index in [0.717, 1.165) is 22.5 Å². The van der Waals surface area contributed by atoms with E-state index in [2.05, 4.69) is 15.3 Å². The predicted octanol–water partition coefficient (Wildman–Crippen LogP) is 3.54. The van der Waals surface area contributed by atoms with Crippen LogP contribution in [-0.2, 0) is 18.3 Å². The molecule has 0 bridgehead atoms. The lowest BCUT2D eigenvalue weighted by Gasteiger charge is -2.19. The number of esters is 1. The molecule has 0 spiro atoms. The average molecular weight is 338 g/mol. The summed E-state index contributed by atoms with van der Waals surface area (Å²) in [4.78, 5) is 21.1. The molecule has 6 heteroatoms. The molecule has 1 aromatic carbocycles. The van der Waals surface area contributed by atoms with Gasteiger partial charge in [-0.05, 0) is 39.0 Å². The van der Waals surface area contributed by atoms with Crippen molar-refractivity contribution in [1.82, 2.24) is 14.5 Å². The van der Waals surface area contributed by atoms with Gasteiger partial charge >= 0.3 is 5.97 Å². The fourth-order valence-corrected chi connectivity index (χ4v) is 2.47. The van der Waals surface area contributed by atoms with Crippen LogP contribution >= 0.6 is 0 Å². The minimum absolute atomic E-state index is 0.377. The monoisotopic (exact) mass is 338 g/mol. The van der Waals surface area contributed by atoms with Crippen molar-refractivity contribution in [1.29, 1.82) is 0 Å². The summed E-state index contributed by atoms with van der Waals surface area (Å²) in [6.07, 6.45) is 1.54. The van der Waals surface area contributed by atoms with Gasteiger partial charge in [0.1, 0.15) is 22.9 Å². The molecule has 25 heavy (non-hydrogen) atoms. The summed E-state index contributed by atoms with van der Waals surface area (Å²) in [6, 6.07) is 11.9. The molecule has 0 amide bonds. The standard InChI is InChI=1S/C19H22N4O2/c1-19(2,3)25-18(24)15-11-21-17(23(15)4)12-20-16-10-9-13-7-5-6-8-14(13)22-16/h5-11H,12H2,1-4H3,(H,20,22). The predicted molar refractivity (Wildman–Crippen MR) is 97.4 cm³/mol. The number of carbonyl (C=O) groups is 1. The summed E-state index contributed by atoms with van der Waals surface area (Å²) >= 11 is 0. The summed E-state index contributed by atoms with van der Waals surface area (Å²) in [5, 5.41) is 4.34. The Morgan fingerprint density at radius 3 is 2.72 bits per heavy atom. The molecule has 3 aromatic rings. The van der Waals surface area contributed by atoms with Crippen LogP contribution in [-0.4, -0.2) is 26.1 Å². The molecule has 6 nitrogen and oxygen atoms in total. The van der Waals surface area contributed by atoms with Crippen LogP contribution in [0.5, 0.6) is 0 Å². The SMILES string of the molecule is Cn1c(C(=O)OC(C)(C)C)cnc1CNc1ccc2ccccc2n1. The molecule has 0 aliphatic carbocycles. The topological polar surface area (TPSA) is 69.0 Å². The van der Waals surface area contributed by atoms with Crippen molar-refractivity contribution < 1.29 is 9.53 Å². The Bertz CT molecular complexity index is 909. The number of ether oxygens (including phenoxy) is 1. The van der Waals surface area contributed by atoms with Crippen molar-refractivity contribution in [3.05, 3.63) is 54.1 Å². The average Bonchev–Trinajstić information content (AvgIpc) is 2.92. The zero-order chi connectivity index (χ0) is 18.0. The maximum absolute atomic E-state index is 12.2. The van der Waals surface area contributed by atoms with Gasteiger partial charge in [-0.3, -0.25) is 0 Å². The summed E-state index contributed by atoms with van der Waals surface area (Å²) in [6.45, 7) is 5.99. The van der Waals surface area contributed by atoms with Gasteiger partial charge in [0, 0.05) is 12.4 Å². The molecule has 0 atom stereocenters. The second kappa shape index (κ2) is 6.55. The minimum atomic E-state index is -0.533. The number of fused-ring (bicyclic) bond motifs is 1. The molecule has 2 heterocycles. The fourth-order valence-electron chi connectivity index (χ4n) is 2.47. The summed E-state index contributed by atoms with van der Waals surface area (Å²) < 4.78 is 7.13. The normalized spacial score (nSPS) is 11.5. The van der Waals surface area contributed by atoms with Crippen LogP contribution in [0.4, 0.5) is 5.82 Å². The van der Waals surface area contributed by atoms with Crippen LogP contribution in [0.25, 0.3) is 10.9 Å². The molecule has 0 aliphatic rings. The Morgan fingerprint density at radius 1 is 1.20 bits per heavy atom. The number of rotatable bonds is 4. The molecule has 130 valence electrons. The summed E-state index contributed by atoms with van der Waals surface area (Å²) in [5.41, 5.74) is 0.828. The molecule has 0 saturated carbocycles. The Labute approximate surface area is 146 Å². The zero-order valence-corrected chi connectivity index (χ0v) is 14.9. The highest BCUT2D eigenvalue weighted by Gasteiger charge is 2.21. The first-order valence-corrected chi connectivity index (χ1v) is 8.17. The van der Waals surface area contributed by atoms with Crippen LogP contribution in [0.1, 0.15) is 37.1 Å². The Kier molecular flexibility index (Phi) is 4.44. The van der Waals surface area contributed by atoms with E-state index in [1.165, 1.54) is 0 Å². The number of para-hydroxylation sites is 1. The van der Waals surface area contributed by atoms with Crippen LogP contribution < -0.4 is 5.32 Å². The largest absolute Gasteiger partial charge is 0.455 e. The number of nitrogens with zero attached hydrogens (tertiary/aromatic N) is 3. The van der Waals surface area contributed by atoms with Crippen LogP contribution in [0.2, 0.25) is 0 Å². The Hall–Kier alpha value is -2.89. The lowest BCUT2D eigenvalue weighted by molar-refractivity contribution is 0.00586. The number of hydrogen-bond acceptors (Lipinski definition) is 5. The molecule has 3 rings (SSSR count). The van der Waals surface area contributed by atoms with E-state index in [9.17, 15) is 4.79 Å². The maximum Gasteiger partial charge on any atom is 0.357 e. The third-order valence-corrected chi connectivity index (χ3v) is 3.72. The second-order valence-corrected chi connectivity index (χ2v) is 6.86. The number of hydrogen-bond donors (Lipinski definition) is 1. The molecule has 2 aromatic heterocycles. The van der Waals surface area contributed by atoms with E-state index >= 15 is 0 Å². The van der Waals surface area contributed by atoms with E-state index in [1.807, 2.05) is 57.2 Å². The molecule has 0 saturated heterocycles. The van der Waals surface area contributed by atoms with Crippen molar-refractivity contribution in [2.75, 3.05) is 5.32 Å². The highest BCUT2D eigenvalue weighted by molar-refractivity contribution is 5.87. The van der Waals surface area contributed by atoms with E-state index in [1.54, 1.807) is 17.8 Å². The molecular formula is C19H22N4O2. The van der Waals surface area contributed by atoms with Gasteiger partial charge in [-0.1, -0.05) is 18.2 Å². The van der Waals surface area contributed by atoms with Crippen molar-refractivity contribution in [2.45, 2.75) is 32.9 Å². The van der Waals surface area contributed by atoms with E-state index in [0.29, 0.717) is 12.2 Å². The van der Waals surface area contributed by atoms with Crippen molar-refractivity contribution >= 4 is 22.7 Å². The maximum atomic E-state index is 12.2. The molecule has 0 radical (unpaired) electrons. The van der Waals surface area contributed by atoms with Gasteiger partial charge in [-0.15, -0.1) is 0 Å². The van der Waals surface area contributed by atoms with Crippen LogP contribution in [0.3, 0.4) is 0 Å². The lowest BCUT2D eigenvalue weighted by Crippen LogP contribution is -2.25. The smallest absolute Gasteiger partial charge is 0.357 e. The molecule has 0 fully saturated rings. The van der Waals surface area contributed by atoms with E-state index in [-0.39, 0.29) is 5.97 Å². The van der Waals surface area contributed by atoms with E-state index < -0.39 is 5.60 Å². The molecular weight excluding hydrogens is 316 g/mol. The number of aromatic nitrogens is 3. The number of benzene rings is 1. The van der Waals surface area contributed by atoms with Gasteiger partial charge in [-0.25, -0.2) is 14.8 Å². The van der Waals surface area contributed by atoms with Crippen molar-refractivity contribution in [3.63, 3.8) is 0 Å². The number of nitrogens with one attached hydrogen (secondary N) is 1.